The average Bonchev–Trinajstić information content (AvgIpc) is 0.775. The van der Waals surface area contributed by atoms with E-state index in [1.165, 1.54) is 0 Å². The number of aliphatic hydroxyl groups excluding tert-OH is 16. The zero-order valence-corrected chi connectivity index (χ0v) is 52.1. The molecule has 0 aromatic rings. The van der Waals surface area contributed by atoms with Crippen molar-refractivity contribution in [3.63, 3.8) is 0 Å². The normalized spacial score (nSPS) is 41.3. The second kappa shape index (κ2) is 37.2. The van der Waals surface area contributed by atoms with E-state index >= 15 is 0 Å². The van der Waals surface area contributed by atoms with Crippen molar-refractivity contribution < 1.29 is 182 Å². The van der Waals surface area contributed by atoms with Gasteiger partial charge in [-0.15, -0.1) is 0 Å². The van der Waals surface area contributed by atoms with Crippen LogP contribution in [0.25, 0.3) is 0 Å². The number of nitrogens with one attached hydrogen (secondary N) is 4. The Kier molecular flexibility index (Phi) is 31.5. The molecule has 12 unspecified atom stereocenters. The van der Waals surface area contributed by atoms with Crippen LogP contribution in [0.5, 0.6) is 0 Å². The Balaban J connectivity index is 1.14. The van der Waals surface area contributed by atoms with Crippen LogP contribution in [0, 0.1) is 5.92 Å². The van der Waals surface area contributed by atoms with E-state index in [1.54, 1.807) is 0 Å². The Bertz CT molecular complexity index is 2380. The fourth-order valence-electron chi connectivity index (χ4n) is 11.4. The SMILES string of the molecule is CC(=O)NC1[C@H](OCCNC(=O)OCCOCCOCCP(=O)(O)O)OC(CO)[C@@H](O[C@@H]2OC(CO)[C@@H](O[C@@H]3OC(CO)[C@@H](O)[C@H](O[C@H]4C[C@@H](CO)[C@@H](O)C(O)C4O[C@@H]4OC(CO)[C@@H](O[C@@H]5OC(CO)[C@H](O)[C@H](O)C5O)[C@H](O)C4NC(C)=O)C3O)[C@H](O)C2NC(C)=O)[C@@H]1O. The second-order valence-corrected chi connectivity index (χ2v) is 24.8. The molecule has 0 aromatic carbocycles. The highest BCUT2D eigenvalue weighted by atomic mass is 31.2. The van der Waals surface area contributed by atoms with E-state index in [0.717, 1.165) is 20.8 Å². The summed E-state index contributed by atoms with van der Waals surface area (Å²) in [5.41, 5.74) is 0. The van der Waals surface area contributed by atoms with Crippen LogP contribution in [0.4, 0.5) is 4.79 Å². The molecule has 0 spiro atoms. The Morgan fingerprint density at radius 3 is 1.30 bits per heavy atom. The van der Waals surface area contributed by atoms with Crippen molar-refractivity contribution in [1.29, 1.82) is 0 Å². The highest BCUT2D eigenvalue weighted by Gasteiger charge is 2.58. The van der Waals surface area contributed by atoms with Gasteiger partial charge in [-0.25, -0.2) is 4.79 Å². The molecule has 5 heterocycles. The van der Waals surface area contributed by atoms with E-state index < -0.39 is 267 Å². The summed E-state index contributed by atoms with van der Waals surface area (Å²) in [6.45, 7) is -3.59. The lowest BCUT2D eigenvalue weighted by atomic mass is 9.80. The number of carbonyl (C=O) groups excluding carboxylic acids is 4. The van der Waals surface area contributed by atoms with Crippen molar-refractivity contribution in [2.45, 2.75) is 205 Å². The molecule has 6 fully saturated rings. The van der Waals surface area contributed by atoms with Crippen molar-refractivity contribution in [3.05, 3.63) is 0 Å². The van der Waals surface area contributed by atoms with Crippen LogP contribution in [-0.4, -0.2) is 385 Å². The summed E-state index contributed by atoms with van der Waals surface area (Å²) in [5, 5.41) is 186. The first-order valence-corrected chi connectivity index (χ1v) is 31.9. The molecule has 5 saturated heterocycles. The van der Waals surface area contributed by atoms with Crippen LogP contribution in [-0.2, 0) is 85.3 Å². The lowest BCUT2D eigenvalue weighted by Crippen LogP contribution is -2.70. The van der Waals surface area contributed by atoms with Crippen molar-refractivity contribution in [1.82, 2.24) is 21.3 Å². The van der Waals surface area contributed by atoms with E-state index in [0.29, 0.717) is 0 Å². The van der Waals surface area contributed by atoms with E-state index in [1.807, 2.05) is 0 Å². The quantitative estimate of drug-likeness (QED) is 0.0220. The van der Waals surface area contributed by atoms with Crippen molar-refractivity contribution in [2.75, 3.05) is 92.0 Å². The molecule has 42 heteroatoms. The maximum absolute atomic E-state index is 12.8. The van der Waals surface area contributed by atoms with E-state index in [2.05, 4.69) is 21.3 Å². The highest BCUT2D eigenvalue weighted by molar-refractivity contribution is 7.51. The molecule has 94 heavy (non-hydrogen) atoms. The molecule has 41 nitrogen and oxygen atoms in total. The lowest BCUT2D eigenvalue weighted by molar-refractivity contribution is -0.372. The van der Waals surface area contributed by atoms with Crippen LogP contribution in [0.3, 0.4) is 0 Å². The summed E-state index contributed by atoms with van der Waals surface area (Å²) in [5.74, 6) is -3.65. The van der Waals surface area contributed by atoms with Crippen molar-refractivity contribution >= 4 is 31.4 Å². The highest BCUT2D eigenvalue weighted by Crippen LogP contribution is 2.39. The second-order valence-electron chi connectivity index (χ2n) is 23.0. The predicted octanol–water partition coefficient (Wildman–Crippen LogP) is -13.0. The smallest absolute Gasteiger partial charge is 0.407 e. The molecular weight excluding hydrogens is 1300 g/mol. The maximum atomic E-state index is 12.8. The van der Waals surface area contributed by atoms with Gasteiger partial charge in [0.05, 0.1) is 84.4 Å². The minimum atomic E-state index is -4.21. The van der Waals surface area contributed by atoms with E-state index in [-0.39, 0.29) is 46.2 Å². The third kappa shape index (κ3) is 20.9. The number of amides is 4. The number of hydrogen-bond donors (Lipinski definition) is 22. The molecule has 1 saturated carbocycles. The van der Waals surface area contributed by atoms with E-state index in [9.17, 15) is 105 Å². The van der Waals surface area contributed by atoms with Gasteiger partial charge in [0.2, 0.25) is 17.7 Å². The zero-order chi connectivity index (χ0) is 69.5. The first-order chi connectivity index (χ1) is 44.5. The van der Waals surface area contributed by atoms with Gasteiger partial charge in [-0.3, -0.25) is 18.9 Å². The fourth-order valence-corrected chi connectivity index (χ4v) is 11.8. The van der Waals surface area contributed by atoms with Crippen LogP contribution in [0.1, 0.15) is 27.2 Å². The Labute approximate surface area is 536 Å². The van der Waals surface area contributed by atoms with Crippen LogP contribution >= 0.6 is 7.60 Å². The number of ether oxygens (including phenoxy) is 14. The van der Waals surface area contributed by atoms with Gasteiger partial charge < -0.3 is 179 Å². The maximum Gasteiger partial charge on any atom is 0.407 e. The minimum Gasteiger partial charge on any atom is -0.447 e. The zero-order valence-electron chi connectivity index (χ0n) is 51.2. The van der Waals surface area contributed by atoms with Crippen molar-refractivity contribution in [2.24, 2.45) is 5.92 Å². The predicted molar refractivity (Wildman–Crippen MR) is 299 cm³/mol. The third-order valence-electron chi connectivity index (χ3n) is 16.2. The number of alkyl carbamates (subject to hydrolysis) is 1. The monoisotopic (exact) mass is 1390 g/mol. The number of carbonyl (C=O) groups is 4. The molecule has 546 valence electrons. The van der Waals surface area contributed by atoms with Crippen molar-refractivity contribution in [3.8, 4) is 0 Å². The van der Waals surface area contributed by atoms with E-state index in [4.69, 9.17) is 76.1 Å². The summed E-state index contributed by atoms with van der Waals surface area (Å²) in [7, 11) is -4.21. The van der Waals surface area contributed by atoms with Gasteiger partial charge >= 0.3 is 13.7 Å². The molecule has 1 aliphatic carbocycles. The first kappa shape index (κ1) is 79.7. The molecule has 4 amide bonds. The molecule has 30 atom stereocenters. The van der Waals surface area contributed by atoms with Gasteiger partial charge in [0, 0.05) is 39.8 Å². The van der Waals surface area contributed by atoms with Gasteiger partial charge in [0.25, 0.3) is 0 Å². The molecular formula is C52H91N4O37P. The number of rotatable bonds is 32. The molecule has 5 aliphatic heterocycles. The Morgan fingerprint density at radius 1 is 0.415 bits per heavy atom. The van der Waals surface area contributed by atoms with Crippen LogP contribution in [0.2, 0.25) is 0 Å². The molecule has 6 rings (SSSR count). The van der Waals surface area contributed by atoms with Gasteiger partial charge in [0.1, 0.15) is 141 Å². The summed E-state index contributed by atoms with van der Waals surface area (Å²) in [4.78, 5) is 67.9. The topological polar surface area (TPSA) is 627 Å². The van der Waals surface area contributed by atoms with Gasteiger partial charge in [-0.05, 0) is 6.42 Å². The largest absolute Gasteiger partial charge is 0.447 e. The minimum absolute atomic E-state index is 0.0215. The summed E-state index contributed by atoms with van der Waals surface area (Å²) < 4.78 is 91.3. The summed E-state index contributed by atoms with van der Waals surface area (Å²) in [6, 6.07) is -5.02. The van der Waals surface area contributed by atoms with Gasteiger partial charge in [-0.1, -0.05) is 0 Å². The molecule has 6 aliphatic rings. The Morgan fingerprint density at radius 2 is 0.830 bits per heavy atom. The summed E-state index contributed by atoms with van der Waals surface area (Å²) >= 11 is 0. The first-order valence-electron chi connectivity index (χ1n) is 30.1. The molecule has 22 N–H and O–H groups in total. The van der Waals surface area contributed by atoms with Crippen LogP contribution < -0.4 is 21.3 Å². The Hall–Kier alpha value is -3.33. The van der Waals surface area contributed by atoms with Gasteiger partial charge in [-0.2, -0.15) is 0 Å². The molecule has 0 aromatic heterocycles. The third-order valence-corrected chi connectivity index (χ3v) is 16.9. The van der Waals surface area contributed by atoms with Crippen LogP contribution in [0.15, 0.2) is 0 Å². The number of aliphatic hydroxyl groups is 16. The number of hydrogen-bond acceptors (Lipinski definition) is 35. The average molecular weight is 1400 g/mol. The molecule has 0 bridgehead atoms. The lowest BCUT2D eigenvalue weighted by Gasteiger charge is -2.51. The summed E-state index contributed by atoms with van der Waals surface area (Å²) in [6.07, 6.45) is -50.4. The fraction of sp³-hybridized carbons (Fsp3) is 0.923. The van der Waals surface area contributed by atoms with Gasteiger partial charge in [0.15, 0.2) is 31.5 Å². The molecule has 0 radical (unpaired) electrons. The standard InChI is InChI=1S/C52H91N4O37P/c1-19(63)54-29-35(69)43(26(16-60)87-47(29)82-5-4-53-52(76)83-9-8-80-6-7-81-10-11-94(77,78)79)91-49-31(56-21(3)65)37(71)45(28(18-62)89-49)93-51-41(75)46(34(68)25(15-59)86-51)84-23-12-22(13-57)32(66)39(73)42(23)90-48-30(55-20(2)64)36(70)44(27(17-61)88-48)92-50-40(74)38(72)33(67)24(14-58)85-50/h22-51,57-62,66-75H,4-18H2,1-3H3,(H,53,76)(H,54,63)(H,55,64)(H,56,65)(H2,77,78,79)/t22-,23-,24?,25?,26?,27?,28?,29?,30?,31?,32+,33-,34+,35+,36+,37+,38-,39?,40?,41?,42?,43+,44+,45+,46-,47+,48-,49-,50-,51-/m0/s1.